The summed E-state index contributed by atoms with van der Waals surface area (Å²) in [5.41, 5.74) is 5.49. The van der Waals surface area contributed by atoms with E-state index >= 15 is 0 Å². The van der Waals surface area contributed by atoms with E-state index in [1.165, 1.54) is 25.3 Å². The Morgan fingerprint density at radius 2 is 2.00 bits per heavy atom. The molecular weight excluding hydrogens is 208 g/mol. The smallest absolute Gasteiger partial charge is 0.314 e. The number of hydrogen-bond donors (Lipinski definition) is 2. The van der Waals surface area contributed by atoms with Crippen molar-refractivity contribution in [3.05, 3.63) is 18.2 Å². The second kappa shape index (κ2) is 3.82. The van der Waals surface area contributed by atoms with Gasteiger partial charge < -0.3 is 10.5 Å². The zero-order valence-electron chi connectivity index (χ0n) is 7.43. The fourth-order valence-electron chi connectivity index (χ4n) is 0.910. The summed E-state index contributed by atoms with van der Waals surface area (Å²) in [6.07, 6.45) is 0. The molecule has 0 amide bonds. The maximum Gasteiger partial charge on any atom is 0.314 e. The van der Waals surface area contributed by atoms with Crippen molar-refractivity contribution >= 4 is 15.8 Å². The second-order valence-corrected chi connectivity index (χ2v) is 3.99. The monoisotopic (exact) mass is 218 g/mol. The van der Waals surface area contributed by atoms with Gasteiger partial charge in [-0.3, -0.25) is 0 Å². The van der Waals surface area contributed by atoms with Gasteiger partial charge in [0.1, 0.15) is 10.6 Å². The van der Waals surface area contributed by atoms with E-state index in [1.54, 1.807) is 0 Å². The van der Waals surface area contributed by atoms with Crippen LogP contribution in [0, 0.1) is 0 Å². The molecule has 1 aromatic rings. The van der Waals surface area contributed by atoms with Crippen molar-refractivity contribution in [1.82, 2.24) is 0 Å². The molecule has 1 rings (SSSR count). The van der Waals surface area contributed by atoms with Crippen LogP contribution in [-0.4, -0.2) is 15.5 Å². The number of benzene rings is 1. The highest BCUT2D eigenvalue weighted by Gasteiger charge is 2.18. The van der Waals surface area contributed by atoms with Crippen molar-refractivity contribution in [3.8, 4) is 5.75 Å². The van der Waals surface area contributed by atoms with Crippen molar-refractivity contribution in [1.29, 1.82) is 0 Å². The van der Waals surface area contributed by atoms with Gasteiger partial charge in [0.15, 0.2) is 0 Å². The summed E-state index contributed by atoms with van der Waals surface area (Å²) in [6.45, 7) is 0. The average Bonchev–Trinajstić information content (AvgIpc) is 2.18. The summed E-state index contributed by atoms with van der Waals surface area (Å²) < 4.78 is 31.1. The zero-order chi connectivity index (χ0) is 10.8. The fourth-order valence-corrected chi connectivity index (χ4v) is 1.63. The van der Waals surface area contributed by atoms with E-state index in [-0.39, 0.29) is 10.6 Å². The number of methoxy groups -OCH3 is 1. The van der Waals surface area contributed by atoms with Crippen LogP contribution < -0.4 is 16.4 Å². The Morgan fingerprint density at radius 1 is 1.36 bits per heavy atom. The minimum Gasteiger partial charge on any atom is -0.497 e. The van der Waals surface area contributed by atoms with E-state index in [9.17, 15) is 8.42 Å². The lowest BCUT2D eigenvalue weighted by molar-refractivity contribution is 0.332. The molecule has 0 saturated heterocycles. The number of nitrogen functional groups attached to an aromatic ring is 1. The fraction of sp³-hybridized carbons (Fsp3) is 0.143. The van der Waals surface area contributed by atoms with Gasteiger partial charge in [-0.05, 0) is 12.1 Å². The molecule has 0 spiro atoms. The van der Waals surface area contributed by atoms with Crippen LogP contribution in [0.2, 0.25) is 0 Å². The van der Waals surface area contributed by atoms with Gasteiger partial charge in [-0.2, -0.15) is 18.6 Å². The first-order valence-electron chi connectivity index (χ1n) is 3.58. The SMILES string of the molecule is COc1ccc(N)c(S(=O)(=O)ON)c1. The van der Waals surface area contributed by atoms with Gasteiger partial charge in [0.25, 0.3) is 0 Å². The Kier molecular flexibility index (Phi) is 2.94. The van der Waals surface area contributed by atoms with Gasteiger partial charge in [-0.25, -0.2) is 0 Å². The summed E-state index contributed by atoms with van der Waals surface area (Å²) in [5.74, 6) is 4.97. The molecule has 0 aliphatic carbocycles. The van der Waals surface area contributed by atoms with Crippen molar-refractivity contribution in [2.45, 2.75) is 4.90 Å². The van der Waals surface area contributed by atoms with Crippen molar-refractivity contribution in [2.75, 3.05) is 12.8 Å². The van der Waals surface area contributed by atoms with Crippen molar-refractivity contribution < 1.29 is 17.4 Å². The van der Waals surface area contributed by atoms with Crippen LogP contribution in [0.1, 0.15) is 0 Å². The Morgan fingerprint density at radius 3 is 2.50 bits per heavy atom. The number of nitrogens with two attached hydrogens (primary N) is 2. The van der Waals surface area contributed by atoms with Crippen LogP contribution in [0.15, 0.2) is 23.1 Å². The predicted molar refractivity (Wildman–Crippen MR) is 49.9 cm³/mol. The molecule has 0 heterocycles. The van der Waals surface area contributed by atoms with Crippen molar-refractivity contribution in [2.24, 2.45) is 5.90 Å². The van der Waals surface area contributed by atoms with Crippen LogP contribution in [0.25, 0.3) is 0 Å². The van der Waals surface area contributed by atoms with Crippen LogP contribution in [0.5, 0.6) is 5.75 Å². The zero-order valence-corrected chi connectivity index (χ0v) is 8.24. The van der Waals surface area contributed by atoms with E-state index in [2.05, 4.69) is 10.2 Å². The predicted octanol–water partition coefficient (Wildman–Crippen LogP) is -0.144. The van der Waals surface area contributed by atoms with E-state index in [4.69, 9.17) is 10.5 Å². The molecular formula is C7H10N2O4S. The molecule has 0 aromatic heterocycles. The maximum atomic E-state index is 11.2. The lowest BCUT2D eigenvalue weighted by atomic mass is 10.3. The molecule has 0 bridgehead atoms. The first kappa shape index (κ1) is 10.8. The minimum atomic E-state index is -3.99. The van der Waals surface area contributed by atoms with Crippen LogP contribution >= 0.6 is 0 Å². The van der Waals surface area contributed by atoms with E-state index in [1.807, 2.05) is 0 Å². The standard InChI is InChI=1S/C7H10N2O4S/c1-12-5-2-3-6(8)7(4-5)14(10,11)13-9/h2-4H,8-9H2,1H3. The maximum absolute atomic E-state index is 11.2. The van der Waals surface area contributed by atoms with Crippen LogP contribution in [0.4, 0.5) is 5.69 Å². The molecule has 0 radical (unpaired) electrons. The lowest BCUT2D eigenvalue weighted by Gasteiger charge is -2.06. The number of hydrogen-bond acceptors (Lipinski definition) is 6. The summed E-state index contributed by atoms with van der Waals surface area (Å²) >= 11 is 0. The topological polar surface area (TPSA) is 105 Å². The summed E-state index contributed by atoms with van der Waals surface area (Å²) in [5, 5.41) is 0. The largest absolute Gasteiger partial charge is 0.497 e. The van der Waals surface area contributed by atoms with Gasteiger partial charge in [0, 0.05) is 6.07 Å². The first-order chi connectivity index (χ1) is 6.51. The van der Waals surface area contributed by atoms with Crippen LogP contribution in [-0.2, 0) is 14.4 Å². The summed E-state index contributed by atoms with van der Waals surface area (Å²) in [6, 6.07) is 4.16. The summed E-state index contributed by atoms with van der Waals surface area (Å²) in [4.78, 5) is -0.209. The third kappa shape index (κ3) is 1.95. The average molecular weight is 218 g/mol. The van der Waals surface area contributed by atoms with Gasteiger partial charge in [0.2, 0.25) is 0 Å². The third-order valence-corrected chi connectivity index (χ3v) is 2.76. The number of anilines is 1. The minimum absolute atomic E-state index is 0.0521. The molecule has 4 N–H and O–H groups in total. The molecule has 0 saturated carbocycles. The quantitative estimate of drug-likeness (QED) is 0.540. The molecule has 0 fully saturated rings. The molecule has 7 heteroatoms. The molecule has 14 heavy (non-hydrogen) atoms. The molecule has 78 valence electrons. The van der Waals surface area contributed by atoms with Gasteiger partial charge in [0.05, 0.1) is 12.8 Å². The Hall–Kier alpha value is -1.31. The highest BCUT2D eigenvalue weighted by atomic mass is 32.2. The van der Waals surface area contributed by atoms with Gasteiger partial charge >= 0.3 is 10.1 Å². The molecule has 0 unspecified atom stereocenters. The Labute approximate surface area is 81.5 Å². The molecule has 0 aliphatic heterocycles. The normalized spacial score (nSPS) is 11.3. The highest BCUT2D eigenvalue weighted by molar-refractivity contribution is 7.86. The third-order valence-electron chi connectivity index (χ3n) is 1.62. The molecule has 1 aromatic carbocycles. The van der Waals surface area contributed by atoms with Gasteiger partial charge in [-0.1, -0.05) is 0 Å². The van der Waals surface area contributed by atoms with Gasteiger partial charge in [-0.15, -0.1) is 0 Å². The molecule has 0 aliphatic rings. The second-order valence-electron chi connectivity index (χ2n) is 2.45. The molecule has 6 nitrogen and oxygen atoms in total. The molecule has 0 atom stereocenters. The van der Waals surface area contributed by atoms with E-state index in [0.717, 1.165) is 0 Å². The highest BCUT2D eigenvalue weighted by Crippen LogP contribution is 2.24. The Balaban J connectivity index is 3.33. The van der Waals surface area contributed by atoms with Crippen molar-refractivity contribution in [3.63, 3.8) is 0 Å². The van der Waals surface area contributed by atoms with E-state index < -0.39 is 10.1 Å². The number of ether oxygens (including phenoxy) is 1. The first-order valence-corrected chi connectivity index (χ1v) is 4.99. The lowest BCUT2D eigenvalue weighted by Crippen LogP contribution is -2.13. The van der Waals surface area contributed by atoms with E-state index in [0.29, 0.717) is 5.75 Å². The Bertz CT molecular complexity index is 429. The number of rotatable bonds is 3. The van der Waals surface area contributed by atoms with Crippen LogP contribution in [0.3, 0.4) is 0 Å². The summed E-state index contributed by atoms with van der Waals surface area (Å²) in [7, 11) is -2.58.